The maximum Gasteiger partial charge on any atom is 0.330 e. The first-order chi connectivity index (χ1) is 10.5. The largest absolute Gasteiger partial charge is 0.463 e. The highest BCUT2D eigenvalue weighted by molar-refractivity contribution is 7.98. The van der Waals surface area contributed by atoms with E-state index in [0.29, 0.717) is 12.2 Å². The molecule has 0 atom stereocenters. The number of nitriles is 1. The molecule has 0 aliphatic rings. The number of ether oxygens (including phenoxy) is 1. The smallest absolute Gasteiger partial charge is 0.330 e. The predicted molar refractivity (Wildman–Crippen MR) is 89.0 cm³/mol. The summed E-state index contributed by atoms with van der Waals surface area (Å²) < 4.78 is 6.88. The van der Waals surface area contributed by atoms with Gasteiger partial charge in [-0.3, -0.25) is 0 Å². The van der Waals surface area contributed by atoms with Crippen molar-refractivity contribution in [1.29, 1.82) is 5.26 Å². The van der Waals surface area contributed by atoms with Crippen LogP contribution in [-0.4, -0.2) is 23.2 Å². The second-order valence-electron chi connectivity index (χ2n) is 4.89. The van der Waals surface area contributed by atoms with Crippen LogP contribution in [0.15, 0.2) is 23.2 Å². The highest BCUT2D eigenvalue weighted by Gasteiger charge is 2.17. The van der Waals surface area contributed by atoms with E-state index in [9.17, 15) is 10.1 Å². The Morgan fingerprint density at radius 2 is 2.18 bits per heavy atom. The third-order valence-corrected chi connectivity index (χ3v) is 4.33. The number of hydrogen-bond donors (Lipinski definition) is 0. The van der Waals surface area contributed by atoms with E-state index in [1.807, 2.05) is 36.8 Å². The summed E-state index contributed by atoms with van der Waals surface area (Å²) in [6.45, 7) is 6.16. The molecule has 5 heteroatoms. The van der Waals surface area contributed by atoms with Crippen LogP contribution in [0.1, 0.15) is 29.3 Å². The maximum absolute atomic E-state index is 11.6. The van der Waals surface area contributed by atoms with E-state index in [2.05, 4.69) is 6.07 Å². The molecular weight excluding hydrogens is 296 g/mol. The Bertz CT molecular complexity index is 797. The van der Waals surface area contributed by atoms with Crippen LogP contribution in [-0.2, 0) is 9.53 Å². The molecule has 0 aliphatic carbocycles. The Kier molecular flexibility index (Phi) is 4.94. The van der Waals surface area contributed by atoms with E-state index in [0.717, 1.165) is 27.2 Å². The van der Waals surface area contributed by atoms with Gasteiger partial charge < -0.3 is 9.14 Å². The van der Waals surface area contributed by atoms with Gasteiger partial charge in [0, 0.05) is 12.3 Å². The summed E-state index contributed by atoms with van der Waals surface area (Å²) in [6, 6.07) is 4.29. The van der Waals surface area contributed by atoms with Crippen molar-refractivity contribution in [3.8, 4) is 6.07 Å². The molecule has 0 saturated carbocycles. The molecule has 0 spiro atoms. The quantitative estimate of drug-likeness (QED) is 0.490. The fraction of sp³-hybridized carbons (Fsp3) is 0.294. The van der Waals surface area contributed by atoms with Crippen molar-refractivity contribution in [2.75, 3.05) is 12.9 Å². The number of esters is 1. The van der Waals surface area contributed by atoms with Gasteiger partial charge in [0.1, 0.15) is 6.07 Å². The third kappa shape index (κ3) is 2.88. The van der Waals surface area contributed by atoms with Crippen LogP contribution < -0.4 is 0 Å². The molecule has 0 radical (unpaired) electrons. The third-order valence-electron chi connectivity index (χ3n) is 3.51. The zero-order chi connectivity index (χ0) is 16.3. The normalized spacial score (nSPS) is 11.0. The molecule has 0 fully saturated rings. The van der Waals surface area contributed by atoms with Crippen LogP contribution >= 0.6 is 11.8 Å². The highest BCUT2D eigenvalue weighted by Crippen LogP contribution is 2.32. The van der Waals surface area contributed by atoms with Crippen molar-refractivity contribution in [1.82, 2.24) is 4.40 Å². The molecule has 2 heterocycles. The van der Waals surface area contributed by atoms with Gasteiger partial charge in [0.25, 0.3) is 0 Å². The van der Waals surface area contributed by atoms with Gasteiger partial charge >= 0.3 is 5.97 Å². The number of carbonyl (C=O) groups is 1. The van der Waals surface area contributed by atoms with Crippen LogP contribution in [0.3, 0.4) is 0 Å². The molecule has 0 aromatic carbocycles. The Morgan fingerprint density at radius 1 is 1.45 bits per heavy atom. The molecule has 4 nitrogen and oxygen atoms in total. The lowest BCUT2D eigenvalue weighted by atomic mass is 10.1. The van der Waals surface area contributed by atoms with Gasteiger partial charge in [0.2, 0.25) is 0 Å². The summed E-state index contributed by atoms with van der Waals surface area (Å²) in [4.78, 5) is 12.4. The van der Waals surface area contributed by atoms with Gasteiger partial charge in [-0.1, -0.05) is 0 Å². The monoisotopic (exact) mass is 314 g/mol. The minimum atomic E-state index is -0.383. The molecule has 0 aliphatic heterocycles. The van der Waals surface area contributed by atoms with Crippen molar-refractivity contribution in [3.63, 3.8) is 0 Å². The van der Waals surface area contributed by atoms with Crippen molar-refractivity contribution in [3.05, 3.63) is 40.7 Å². The number of pyridine rings is 1. The Balaban J connectivity index is 2.69. The van der Waals surface area contributed by atoms with E-state index in [1.54, 1.807) is 13.0 Å². The summed E-state index contributed by atoms with van der Waals surface area (Å²) in [5.41, 5.74) is 4.59. The van der Waals surface area contributed by atoms with Gasteiger partial charge in [0.15, 0.2) is 0 Å². The summed E-state index contributed by atoms with van der Waals surface area (Å²) in [6.07, 6.45) is 7.04. The Morgan fingerprint density at radius 3 is 2.77 bits per heavy atom. The number of aromatic nitrogens is 1. The number of fused-ring (bicyclic) bond motifs is 1. The van der Waals surface area contributed by atoms with Crippen LogP contribution in [0.5, 0.6) is 0 Å². The van der Waals surface area contributed by atoms with E-state index in [-0.39, 0.29) is 5.97 Å². The van der Waals surface area contributed by atoms with Crippen molar-refractivity contribution < 1.29 is 9.53 Å². The first kappa shape index (κ1) is 16.2. The van der Waals surface area contributed by atoms with Gasteiger partial charge in [-0.05, 0) is 50.3 Å². The zero-order valence-electron chi connectivity index (χ0n) is 13.1. The van der Waals surface area contributed by atoms with Crippen LogP contribution in [0.2, 0.25) is 0 Å². The number of nitrogens with zero attached hydrogens (tertiary/aromatic N) is 2. The molecule has 114 valence electrons. The van der Waals surface area contributed by atoms with Crippen molar-refractivity contribution in [2.24, 2.45) is 0 Å². The Hall–Kier alpha value is -2.19. The lowest BCUT2D eigenvalue weighted by molar-refractivity contribution is -0.137. The maximum atomic E-state index is 11.6. The fourth-order valence-electron chi connectivity index (χ4n) is 2.31. The SMILES string of the molecule is CCOC(=O)/C=C/c1c(SC)c(C#N)c2cc(C)c(C)cn12. The first-order valence-corrected chi connectivity index (χ1v) is 8.20. The summed E-state index contributed by atoms with van der Waals surface area (Å²) in [7, 11) is 0. The van der Waals surface area contributed by atoms with E-state index >= 15 is 0 Å². The van der Waals surface area contributed by atoms with E-state index in [4.69, 9.17) is 4.74 Å². The number of thioether (sulfide) groups is 1. The average Bonchev–Trinajstić information content (AvgIpc) is 2.78. The molecule has 2 aromatic heterocycles. The second-order valence-corrected chi connectivity index (χ2v) is 5.70. The van der Waals surface area contributed by atoms with Crippen LogP contribution in [0, 0.1) is 25.2 Å². The molecule has 2 aromatic rings. The molecule has 0 bridgehead atoms. The molecule has 0 saturated heterocycles. The zero-order valence-corrected chi connectivity index (χ0v) is 14.0. The standard InChI is InChI=1S/C17H18N2O2S/c1-5-21-16(20)7-6-14-17(22-4)13(9-18)15-8-11(2)12(3)10-19(14)15/h6-8,10H,5H2,1-4H3/b7-6+. The number of hydrogen-bond acceptors (Lipinski definition) is 4. The Labute approximate surface area is 134 Å². The van der Waals surface area contributed by atoms with E-state index in [1.165, 1.54) is 17.8 Å². The first-order valence-electron chi connectivity index (χ1n) is 6.97. The van der Waals surface area contributed by atoms with Crippen molar-refractivity contribution >= 4 is 29.3 Å². The number of carbonyl (C=O) groups excluding carboxylic acids is 1. The molecule has 22 heavy (non-hydrogen) atoms. The summed E-state index contributed by atoms with van der Waals surface area (Å²) >= 11 is 1.50. The predicted octanol–water partition coefficient (Wildman–Crippen LogP) is 3.73. The number of aryl methyl sites for hydroxylation is 2. The topological polar surface area (TPSA) is 54.5 Å². The van der Waals surface area contributed by atoms with Crippen LogP contribution in [0.25, 0.3) is 11.6 Å². The molecule has 2 rings (SSSR count). The van der Waals surface area contributed by atoms with Crippen LogP contribution in [0.4, 0.5) is 0 Å². The van der Waals surface area contributed by atoms with E-state index < -0.39 is 0 Å². The average molecular weight is 314 g/mol. The highest BCUT2D eigenvalue weighted by atomic mass is 32.2. The summed E-state index contributed by atoms with van der Waals surface area (Å²) in [5, 5.41) is 9.49. The minimum absolute atomic E-state index is 0.342. The molecule has 0 unspecified atom stereocenters. The lowest BCUT2D eigenvalue weighted by Crippen LogP contribution is -1.99. The van der Waals surface area contributed by atoms with Gasteiger partial charge in [-0.15, -0.1) is 11.8 Å². The van der Waals surface area contributed by atoms with Gasteiger partial charge in [-0.2, -0.15) is 5.26 Å². The van der Waals surface area contributed by atoms with Crippen molar-refractivity contribution in [2.45, 2.75) is 25.7 Å². The number of rotatable bonds is 4. The summed E-state index contributed by atoms with van der Waals surface area (Å²) in [5.74, 6) is -0.383. The molecular formula is C17H18N2O2S. The lowest BCUT2D eigenvalue weighted by Gasteiger charge is -2.04. The minimum Gasteiger partial charge on any atom is -0.463 e. The van der Waals surface area contributed by atoms with Gasteiger partial charge in [-0.25, -0.2) is 4.79 Å². The second kappa shape index (κ2) is 6.71. The molecule has 0 N–H and O–H groups in total. The van der Waals surface area contributed by atoms with Gasteiger partial charge in [0.05, 0.1) is 28.3 Å². The molecule has 0 amide bonds. The fourth-order valence-corrected chi connectivity index (χ4v) is 3.04.